The van der Waals surface area contributed by atoms with E-state index in [2.05, 4.69) is 0 Å². The van der Waals surface area contributed by atoms with E-state index in [1.165, 1.54) is 12.1 Å². The second-order valence-electron chi connectivity index (χ2n) is 3.18. The fourth-order valence-corrected chi connectivity index (χ4v) is 1.25. The lowest BCUT2D eigenvalue weighted by molar-refractivity contribution is -0.293. The van der Waals surface area contributed by atoms with Crippen LogP contribution >= 0.6 is 0 Å². The SMILES string of the molecule is CCOOCC(CN)c1ccc(F)cc1. The van der Waals surface area contributed by atoms with Gasteiger partial charge in [-0.3, -0.25) is 0 Å². The molecule has 0 aromatic heterocycles. The van der Waals surface area contributed by atoms with Gasteiger partial charge in [-0.15, -0.1) is 0 Å². The summed E-state index contributed by atoms with van der Waals surface area (Å²) in [5.41, 5.74) is 6.55. The summed E-state index contributed by atoms with van der Waals surface area (Å²) in [7, 11) is 0. The number of halogens is 1. The van der Waals surface area contributed by atoms with Crippen LogP contribution in [0.1, 0.15) is 18.4 Å². The van der Waals surface area contributed by atoms with E-state index in [-0.39, 0.29) is 11.7 Å². The first-order valence-electron chi connectivity index (χ1n) is 4.97. The van der Waals surface area contributed by atoms with Crippen molar-refractivity contribution in [2.45, 2.75) is 12.8 Å². The number of rotatable bonds is 6. The molecule has 0 saturated heterocycles. The van der Waals surface area contributed by atoms with Gasteiger partial charge in [-0.2, -0.15) is 0 Å². The van der Waals surface area contributed by atoms with E-state index >= 15 is 0 Å². The summed E-state index contributed by atoms with van der Waals surface area (Å²) in [4.78, 5) is 9.73. The van der Waals surface area contributed by atoms with Crippen LogP contribution in [-0.4, -0.2) is 19.8 Å². The third-order valence-electron chi connectivity index (χ3n) is 2.10. The Bertz CT molecular complexity index is 276. The largest absolute Gasteiger partial charge is 0.330 e. The third kappa shape index (κ3) is 3.95. The summed E-state index contributed by atoms with van der Waals surface area (Å²) in [6.45, 7) is 3.17. The zero-order valence-electron chi connectivity index (χ0n) is 8.78. The maximum Gasteiger partial charge on any atom is 0.123 e. The van der Waals surface area contributed by atoms with E-state index in [9.17, 15) is 4.39 Å². The van der Waals surface area contributed by atoms with Crippen molar-refractivity contribution in [2.75, 3.05) is 19.8 Å². The maximum absolute atomic E-state index is 12.7. The van der Waals surface area contributed by atoms with Crippen LogP contribution in [0.2, 0.25) is 0 Å². The van der Waals surface area contributed by atoms with Crippen LogP contribution in [-0.2, 0) is 9.78 Å². The van der Waals surface area contributed by atoms with Crippen LogP contribution in [0.5, 0.6) is 0 Å². The molecular formula is C11H16FNO2. The highest BCUT2D eigenvalue weighted by Crippen LogP contribution is 2.15. The molecule has 1 rings (SSSR count). The van der Waals surface area contributed by atoms with Crippen molar-refractivity contribution >= 4 is 0 Å². The molecule has 0 radical (unpaired) electrons. The highest BCUT2D eigenvalue weighted by molar-refractivity contribution is 5.20. The van der Waals surface area contributed by atoms with Crippen molar-refractivity contribution in [1.29, 1.82) is 0 Å². The highest BCUT2D eigenvalue weighted by atomic mass is 19.1. The summed E-state index contributed by atoms with van der Waals surface area (Å²) in [6.07, 6.45) is 0. The fraction of sp³-hybridized carbons (Fsp3) is 0.455. The number of nitrogens with two attached hydrogens (primary N) is 1. The number of benzene rings is 1. The van der Waals surface area contributed by atoms with Crippen LogP contribution in [0.3, 0.4) is 0 Å². The van der Waals surface area contributed by atoms with Crippen molar-refractivity contribution in [1.82, 2.24) is 0 Å². The Balaban J connectivity index is 2.53. The van der Waals surface area contributed by atoms with E-state index in [1.807, 2.05) is 6.92 Å². The zero-order valence-corrected chi connectivity index (χ0v) is 8.78. The lowest BCUT2D eigenvalue weighted by Crippen LogP contribution is -2.18. The number of hydrogen-bond acceptors (Lipinski definition) is 3. The topological polar surface area (TPSA) is 44.5 Å². The molecular weight excluding hydrogens is 197 g/mol. The average Bonchev–Trinajstić information content (AvgIpc) is 2.26. The first-order valence-corrected chi connectivity index (χ1v) is 4.97. The zero-order chi connectivity index (χ0) is 11.1. The Morgan fingerprint density at radius 2 is 1.93 bits per heavy atom. The van der Waals surface area contributed by atoms with Gasteiger partial charge >= 0.3 is 0 Å². The van der Waals surface area contributed by atoms with Gasteiger partial charge in [-0.1, -0.05) is 12.1 Å². The quantitative estimate of drug-likeness (QED) is 0.445. The van der Waals surface area contributed by atoms with E-state index < -0.39 is 0 Å². The van der Waals surface area contributed by atoms with Crippen molar-refractivity contribution < 1.29 is 14.2 Å². The summed E-state index contributed by atoms with van der Waals surface area (Å²) in [5, 5.41) is 0. The predicted molar refractivity (Wildman–Crippen MR) is 55.8 cm³/mol. The predicted octanol–water partition coefficient (Wildman–Crippen LogP) is 1.84. The van der Waals surface area contributed by atoms with Gasteiger partial charge in [0.2, 0.25) is 0 Å². The second-order valence-corrected chi connectivity index (χ2v) is 3.18. The summed E-state index contributed by atoms with van der Waals surface area (Å²) < 4.78 is 12.7. The summed E-state index contributed by atoms with van der Waals surface area (Å²) in [6, 6.07) is 6.25. The standard InChI is InChI=1S/C11H16FNO2/c1-2-14-15-8-10(7-13)9-3-5-11(12)6-4-9/h3-6,10H,2,7-8,13H2,1H3. The minimum Gasteiger partial charge on any atom is -0.330 e. The van der Waals surface area contributed by atoms with E-state index in [4.69, 9.17) is 15.5 Å². The molecule has 3 nitrogen and oxygen atoms in total. The monoisotopic (exact) mass is 213 g/mol. The molecule has 2 N–H and O–H groups in total. The molecule has 1 atom stereocenters. The van der Waals surface area contributed by atoms with E-state index in [1.54, 1.807) is 12.1 Å². The Labute approximate surface area is 88.9 Å². The molecule has 15 heavy (non-hydrogen) atoms. The van der Waals surface area contributed by atoms with Gasteiger partial charge < -0.3 is 5.73 Å². The summed E-state index contributed by atoms with van der Waals surface area (Å²) >= 11 is 0. The van der Waals surface area contributed by atoms with Crippen LogP contribution in [0, 0.1) is 5.82 Å². The Morgan fingerprint density at radius 3 is 2.47 bits per heavy atom. The van der Waals surface area contributed by atoms with Gasteiger partial charge in [-0.05, 0) is 24.6 Å². The smallest absolute Gasteiger partial charge is 0.123 e. The van der Waals surface area contributed by atoms with E-state index in [0.29, 0.717) is 19.8 Å². The van der Waals surface area contributed by atoms with Crippen LogP contribution < -0.4 is 5.73 Å². The van der Waals surface area contributed by atoms with Gasteiger partial charge in [-0.25, -0.2) is 14.2 Å². The first kappa shape index (κ1) is 12.1. The van der Waals surface area contributed by atoms with Gasteiger partial charge in [0.15, 0.2) is 0 Å². The number of hydrogen-bond donors (Lipinski definition) is 1. The molecule has 0 amide bonds. The Morgan fingerprint density at radius 1 is 1.27 bits per heavy atom. The molecule has 1 unspecified atom stereocenters. The third-order valence-corrected chi connectivity index (χ3v) is 2.10. The van der Waals surface area contributed by atoms with Gasteiger partial charge in [0.25, 0.3) is 0 Å². The molecule has 0 heterocycles. The first-order chi connectivity index (χ1) is 7.27. The van der Waals surface area contributed by atoms with Gasteiger partial charge in [0.05, 0.1) is 13.2 Å². The minimum absolute atomic E-state index is 0.0390. The van der Waals surface area contributed by atoms with Gasteiger partial charge in [0.1, 0.15) is 5.82 Å². The molecule has 1 aromatic carbocycles. The van der Waals surface area contributed by atoms with Crippen LogP contribution in [0.15, 0.2) is 24.3 Å². The van der Waals surface area contributed by atoms with Crippen molar-refractivity contribution in [3.05, 3.63) is 35.6 Å². The fourth-order valence-electron chi connectivity index (χ4n) is 1.25. The molecule has 4 heteroatoms. The van der Waals surface area contributed by atoms with Crippen molar-refractivity contribution in [3.8, 4) is 0 Å². The molecule has 0 saturated carbocycles. The molecule has 84 valence electrons. The maximum atomic E-state index is 12.7. The lowest BCUT2D eigenvalue weighted by Gasteiger charge is -2.14. The van der Waals surface area contributed by atoms with Crippen LogP contribution in [0.4, 0.5) is 4.39 Å². The average molecular weight is 213 g/mol. The molecule has 0 aliphatic heterocycles. The molecule has 0 fully saturated rings. The molecule has 0 spiro atoms. The summed E-state index contributed by atoms with van der Waals surface area (Å²) in [5.74, 6) is -0.211. The van der Waals surface area contributed by atoms with E-state index in [0.717, 1.165) is 5.56 Å². The van der Waals surface area contributed by atoms with Crippen molar-refractivity contribution in [2.24, 2.45) is 5.73 Å². The Kier molecular flexibility index (Phi) is 5.25. The highest BCUT2D eigenvalue weighted by Gasteiger charge is 2.10. The molecule has 0 aliphatic rings. The normalized spacial score (nSPS) is 12.7. The van der Waals surface area contributed by atoms with Crippen molar-refractivity contribution in [3.63, 3.8) is 0 Å². The Hall–Kier alpha value is -0.970. The van der Waals surface area contributed by atoms with Crippen LogP contribution in [0.25, 0.3) is 0 Å². The minimum atomic E-state index is -0.250. The lowest BCUT2D eigenvalue weighted by atomic mass is 10.0. The molecule has 1 aromatic rings. The van der Waals surface area contributed by atoms with Gasteiger partial charge in [0, 0.05) is 12.5 Å². The molecule has 0 bridgehead atoms. The molecule has 0 aliphatic carbocycles. The second kappa shape index (κ2) is 6.50.